The Hall–Kier alpha value is -2.36. The van der Waals surface area contributed by atoms with Crippen LogP contribution in [0.2, 0.25) is 0 Å². The van der Waals surface area contributed by atoms with Gasteiger partial charge in [0.1, 0.15) is 19.0 Å². The number of hydrogen-bond donors (Lipinski definition) is 1. The number of aryl methyl sites for hydroxylation is 1. The number of anilines is 1. The summed E-state index contributed by atoms with van der Waals surface area (Å²) in [6.45, 7) is 2.89. The maximum absolute atomic E-state index is 12.5. The van der Waals surface area contributed by atoms with E-state index in [0.717, 1.165) is 29.8 Å². The highest BCUT2D eigenvalue weighted by molar-refractivity contribution is 9.10. The molecule has 2 aromatic carbocycles. The molecular formula is C20H15BrN2O4S2. The smallest absolute Gasteiger partial charge is 0.262 e. The summed E-state index contributed by atoms with van der Waals surface area (Å²) in [7, 11) is 0. The molecule has 1 aliphatic heterocycles. The largest absolute Gasteiger partial charge is 0.486 e. The molecule has 0 fully saturated rings. The first-order valence-corrected chi connectivity index (χ1v) is 11.4. The van der Waals surface area contributed by atoms with Gasteiger partial charge >= 0.3 is 0 Å². The third kappa shape index (κ3) is 3.54. The molecule has 4 aromatic rings. The van der Waals surface area contributed by atoms with Crippen LogP contribution in [0.25, 0.3) is 20.3 Å². The van der Waals surface area contributed by atoms with Gasteiger partial charge in [0.05, 0.1) is 25.6 Å². The van der Waals surface area contributed by atoms with E-state index >= 15 is 0 Å². The number of halogens is 1. The lowest BCUT2D eigenvalue weighted by atomic mass is 10.2. The molecular weight excluding hydrogens is 476 g/mol. The first-order chi connectivity index (χ1) is 14.1. The Morgan fingerprint density at radius 1 is 1.28 bits per heavy atom. The zero-order valence-corrected chi connectivity index (χ0v) is 18.5. The fourth-order valence-corrected chi connectivity index (χ4v) is 5.45. The van der Waals surface area contributed by atoms with Crippen molar-refractivity contribution in [1.29, 1.82) is 0 Å². The van der Waals surface area contributed by atoms with Crippen LogP contribution in [-0.4, -0.2) is 30.7 Å². The van der Waals surface area contributed by atoms with Crippen molar-refractivity contribution in [3.63, 3.8) is 0 Å². The van der Waals surface area contributed by atoms with Crippen molar-refractivity contribution in [2.75, 3.05) is 25.1 Å². The Morgan fingerprint density at radius 2 is 2.07 bits per heavy atom. The zero-order valence-electron chi connectivity index (χ0n) is 15.3. The van der Waals surface area contributed by atoms with Gasteiger partial charge in [-0.3, -0.25) is 4.79 Å². The molecule has 9 heteroatoms. The number of fused-ring (bicyclic) bond motifs is 4. The molecule has 1 aliphatic rings. The molecule has 0 saturated carbocycles. The van der Waals surface area contributed by atoms with Crippen LogP contribution >= 0.6 is 38.6 Å². The van der Waals surface area contributed by atoms with Crippen molar-refractivity contribution in [3.8, 4) is 17.2 Å². The Labute approximate surface area is 182 Å². The second-order valence-corrected chi connectivity index (χ2v) is 9.44. The lowest BCUT2D eigenvalue weighted by Crippen LogP contribution is -2.21. The molecule has 0 atom stereocenters. The predicted octanol–water partition coefficient (Wildman–Crippen LogP) is 5.37. The van der Waals surface area contributed by atoms with Crippen LogP contribution in [0.3, 0.4) is 0 Å². The third-order valence-corrected chi connectivity index (χ3v) is 6.93. The van der Waals surface area contributed by atoms with E-state index in [1.54, 1.807) is 34.8 Å². The molecule has 1 N–H and O–H groups in total. The molecule has 0 aliphatic carbocycles. The number of thiazole rings is 1. The van der Waals surface area contributed by atoms with E-state index in [2.05, 4.69) is 26.2 Å². The van der Waals surface area contributed by atoms with Crippen molar-refractivity contribution in [3.05, 3.63) is 39.1 Å². The maximum atomic E-state index is 12.5. The molecule has 6 nitrogen and oxygen atoms in total. The highest BCUT2D eigenvalue weighted by atomic mass is 79.9. The summed E-state index contributed by atoms with van der Waals surface area (Å²) < 4.78 is 19.9. The topological polar surface area (TPSA) is 69.7 Å². The number of ether oxygens (including phenoxy) is 3. The van der Waals surface area contributed by atoms with Crippen molar-refractivity contribution >= 4 is 70.5 Å². The van der Waals surface area contributed by atoms with Gasteiger partial charge in [0.15, 0.2) is 18.1 Å². The number of carbonyl (C=O) groups excluding carboxylic acids is 1. The standard InChI is InChI=1S/C20H15BrN2O4S2/c1-10-22-19-17(29-10)8-14(11-2-5-28-20(11)19)27-9-18(24)23-13-7-16-15(6-12(13)21)25-3-4-26-16/h2,5-8H,3-4,9H2,1H3,(H,23,24). The van der Waals surface area contributed by atoms with Gasteiger partial charge in [-0.1, -0.05) is 0 Å². The number of nitrogens with zero attached hydrogens (tertiary/aromatic N) is 1. The summed E-state index contributed by atoms with van der Waals surface area (Å²) in [6.07, 6.45) is 0. The van der Waals surface area contributed by atoms with Gasteiger partial charge in [-0.15, -0.1) is 22.7 Å². The molecule has 3 heterocycles. The minimum atomic E-state index is -0.258. The number of rotatable bonds is 4. The van der Waals surface area contributed by atoms with Crippen molar-refractivity contribution in [2.24, 2.45) is 0 Å². The van der Waals surface area contributed by atoms with Crippen LogP contribution in [0.5, 0.6) is 17.2 Å². The average molecular weight is 491 g/mol. The van der Waals surface area contributed by atoms with Crippen molar-refractivity contribution < 1.29 is 19.0 Å². The van der Waals surface area contributed by atoms with Gasteiger partial charge in [0, 0.05) is 28.1 Å². The monoisotopic (exact) mass is 490 g/mol. The second kappa shape index (κ2) is 7.47. The van der Waals surface area contributed by atoms with Gasteiger partial charge in [-0.2, -0.15) is 0 Å². The average Bonchev–Trinajstić information content (AvgIpc) is 3.32. The third-order valence-electron chi connectivity index (χ3n) is 4.43. The van der Waals surface area contributed by atoms with Gasteiger partial charge in [-0.25, -0.2) is 4.98 Å². The molecule has 0 spiro atoms. The minimum Gasteiger partial charge on any atom is -0.486 e. The fourth-order valence-electron chi connectivity index (χ4n) is 3.20. The minimum absolute atomic E-state index is 0.102. The van der Waals surface area contributed by atoms with E-state index in [1.807, 2.05) is 24.4 Å². The molecule has 0 saturated heterocycles. The second-order valence-electron chi connectivity index (χ2n) is 6.43. The van der Waals surface area contributed by atoms with E-state index in [-0.39, 0.29) is 12.5 Å². The summed E-state index contributed by atoms with van der Waals surface area (Å²) in [5, 5.41) is 6.85. The summed E-state index contributed by atoms with van der Waals surface area (Å²) >= 11 is 6.71. The Kier molecular flexibility index (Phi) is 4.81. The van der Waals surface area contributed by atoms with Crippen LogP contribution < -0.4 is 19.5 Å². The number of aromatic nitrogens is 1. The molecule has 0 unspecified atom stereocenters. The number of carbonyl (C=O) groups is 1. The van der Waals surface area contributed by atoms with Crippen LogP contribution in [0, 0.1) is 6.92 Å². The van der Waals surface area contributed by atoms with Crippen molar-refractivity contribution in [1.82, 2.24) is 4.98 Å². The highest BCUT2D eigenvalue weighted by Gasteiger charge is 2.17. The van der Waals surface area contributed by atoms with Crippen LogP contribution in [0.15, 0.2) is 34.1 Å². The lowest BCUT2D eigenvalue weighted by Gasteiger charge is -2.20. The Bertz CT molecular complexity index is 1250. The Balaban J connectivity index is 1.35. The number of amides is 1. The molecule has 148 valence electrons. The van der Waals surface area contributed by atoms with Gasteiger partial charge < -0.3 is 19.5 Å². The molecule has 2 aromatic heterocycles. The van der Waals surface area contributed by atoms with Crippen molar-refractivity contribution in [2.45, 2.75) is 6.92 Å². The number of benzene rings is 2. The van der Waals surface area contributed by atoms with Gasteiger partial charge in [0.2, 0.25) is 0 Å². The quantitative estimate of drug-likeness (QED) is 0.416. The van der Waals surface area contributed by atoms with E-state index < -0.39 is 0 Å². The van der Waals surface area contributed by atoms with E-state index in [4.69, 9.17) is 14.2 Å². The summed E-state index contributed by atoms with van der Waals surface area (Å²) in [5.41, 5.74) is 1.60. The predicted molar refractivity (Wildman–Crippen MR) is 119 cm³/mol. The van der Waals surface area contributed by atoms with Crippen LogP contribution in [0.4, 0.5) is 5.69 Å². The number of thiophene rings is 1. The number of hydrogen-bond acceptors (Lipinski definition) is 7. The first kappa shape index (κ1) is 18.7. The molecule has 5 rings (SSSR count). The van der Waals surface area contributed by atoms with E-state index in [9.17, 15) is 4.79 Å². The first-order valence-electron chi connectivity index (χ1n) is 8.87. The van der Waals surface area contributed by atoms with Crippen LogP contribution in [0.1, 0.15) is 5.01 Å². The lowest BCUT2D eigenvalue weighted by molar-refractivity contribution is -0.118. The zero-order chi connectivity index (χ0) is 20.0. The Morgan fingerprint density at radius 3 is 2.90 bits per heavy atom. The summed E-state index contributed by atoms with van der Waals surface area (Å²) in [4.78, 5) is 17.1. The summed E-state index contributed by atoms with van der Waals surface area (Å²) in [5.74, 6) is 1.70. The normalized spacial score (nSPS) is 13.0. The molecule has 0 bridgehead atoms. The molecule has 29 heavy (non-hydrogen) atoms. The highest BCUT2D eigenvalue weighted by Crippen LogP contribution is 2.40. The van der Waals surface area contributed by atoms with Gasteiger partial charge in [0.25, 0.3) is 5.91 Å². The maximum Gasteiger partial charge on any atom is 0.262 e. The summed E-state index contributed by atoms with van der Waals surface area (Å²) in [6, 6.07) is 7.50. The van der Waals surface area contributed by atoms with E-state index in [0.29, 0.717) is 36.1 Å². The number of nitrogens with one attached hydrogen (secondary N) is 1. The molecule has 1 amide bonds. The van der Waals surface area contributed by atoms with E-state index in [1.165, 1.54) is 0 Å². The van der Waals surface area contributed by atoms with Crippen LogP contribution in [-0.2, 0) is 4.79 Å². The fraction of sp³-hybridized carbons (Fsp3) is 0.200. The SMILES string of the molecule is Cc1nc2c(cc(OCC(=O)Nc3cc4c(cc3Br)OCCO4)c3ccsc32)s1. The molecule has 0 radical (unpaired) electrons. The van der Waals surface area contributed by atoms with Gasteiger partial charge in [-0.05, 0) is 34.3 Å².